The van der Waals surface area contributed by atoms with E-state index in [1.54, 1.807) is 6.07 Å². The number of aliphatic carboxylic acids is 1. The van der Waals surface area contributed by atoms with E-state index in [2.05, 4.69) is 15.2 Å². The third-order valence-corrected chi connectivity index (χ3v) is 3.30. The van der Waals surface area contributed by atoms with Gasteiger partial charge in [-0.1, -0.05) is 23.4 Å². The zero-order chi connectivity index (χ0) is 13.1. The van der Waals surface area contributed by atoms with E-state index in [0.717, 1.165) is 22.9 Å². The van der Waals surface area contributed by atoms with E-state index in [1.807, 2.05) is 19.1 Å². The van der Waals surface area contributed by atoms with Gasteiger partial charge < -0.3 is 5.11 Å². The van der Waals surface area contributed by atoms with Crippen molar-refractivity contribution in [2.24, 2.45) is 0 Å². The van der Waals surface area contributed by atoms with Gasteiger partial charge >= 0.3 is 5.97 Å². The van der Waals surface area contributed by atoms with Crippen molar-refractivity contribution in [3.8, 4) is 11.4 Å². The van der Waals surface area contributed by atoms with E-state index in [9.17, 15) is 4.79 Å². The molecule has 0 spiro atoms. The van der Waals surface area contributed by atoms with Crippen molar-refractivity contribution in [1.29, 1.82) is 0 Å². The maximum Gasteiger partial charge on any atom is 0.313 e. The Balaban J connectivity index is 2.21. The number of H-pyrrole nitrogens is 1. The van der Waals surface area contributed by atoms with E-state index in [1.165, 1.54) is 0 Å². The number of nitrogens with one attached hydrogen (secondary N) is 1. The van der Waals surface area contributed by atoms with Gasteiger partial charge in [-0.05, 0) is 30.7 Å². The van der Waals surface area contributed by atoms with Crippen molar-refractivity contribution >= 4 is 29.3 Å². The number of aromatic amines is 1. The van der Waals surface area contributed by atoms with Crippen molar-refractivity contribution in [1.82, 2.24) is 15.2 Å². The number of carbonyl (C=O) groups is 1. The Labute approximate surface area is 113 Å². The Morgan fingerprint density at radius 3 is 3.00 bits per heavy atom. The minimum Gasteiger partial charge on any atom is -0.481 e. The third kappa shape index (κ3) is 3.02. The van der Waals surface area contributed by atoms with Crippen molar-refractivity contribution in [2.75, 3.05) is 5.75 Å². The topological polar surface area (TPSA) is 78.9 Å². The predicted octanol–water partition coefficient (Wildman–Crippen LogP) is 2.61. The molecule has 1 aromatic carbocycles. The first-order chi connectivity index (χ1) is 8.56. The normalized spacial score (nSPS) is 10.6. The number of aryl methyl sites for hydroxylation is 1. The summed E-state index contributed by atoms with van der Waals surface area (Å²) >= 11 is 6.95. The van der Waals surface area contributed by atoms with Crippen LogP contribution in [0.4, 0.5) is 0 Å². The first-order valence-electron chi connectivity index (χ1n) is 5.10. The van der Waals surface area contributed by atoms with Crippen LogP contribution in [-0.2, 0) is 4.79 Å². The van der Waals surface area contributed by atoms with E-state index >= 15 is 0 Å². The summed E-state index contributed by atoms with van der Waals surface area (Å²) in [6, 6.07) is 5.46. The molecule has 0 aliphatic rings. The Morgan fingerprint density at radius 2 is 2.33 bits per heavy atom. The van der Waals surface area contributed by atoms with Gasteiger partial charge in [0.25, 0.3) is 0 Å². The fourth-order valence-electron chi connectivity index (χ4n) is 1.45. The van der Waals surface area contributed by atoms with E-state index < -0.39 is 5.97 Å². The lowest BCUT2D eigenvalue weighted by atomic mass is 10.1. The van der Waals surface area contributed by atoms with Crippen molar-refractivity contribution < 1.29 is 9.90 Å². The van der Waals surface area contributed by atoms with Crippen LogP contribution in [0.5, 0.6) is 0 Å². The van der Waals surface area contributed by atoms with Gasteiger partial charge in [0.2, 0.25) is 5.16 Å². The molecular formula is C11H10ClN3O2S. The average molecular weight is 284 g/mol. The molecule has 0 radical (unpaired) electrons. The second kappa shape index (κ2) is 5.41. The van der Waals surface area contributed by atoms with Gasteiger partial charge in [0.1, 0.15) is 0 Å². The zero-order valence-electron chi connectivity index (χ0n) is 9.48. The molecule has 0 atom stereocenters. The molecule has 7 heteroatoms. The van der Waals surface area contributed by atoms with Gasteiger partial charge in [0.05, 0.1) is 5.75 Å². The van der Waals surface area contributed by atoms with Crippen molar-refractivity contribution in [3.63, 3.8) is 0 Å². The maximum absolute atomic E-state index is 10.4. The molecule has 0 aliphatic carbocycles. The number of thioether (sulfide) groups is 1. The van der Waals surface area contributed by atoms with E-state index in [0.29, 0.717) is 16.0 Å². The summed E-state index contributed by atoms with van der Waals surface area (Å²) in [5, 5.41) is 16.4. The summed E-state index contributed by atoms with van der Waals surface area (Å²) in [6.07, 6.45) is 0. The summed E-state index contributed by atoms with van der Waals surface area (Å²) in [6.45, 7) is 1.92. The monoisotopic (exact) mass is 283 g/mol. The maximum atomic E-state index is 10.4. The average Bonchev–Trinajstić information content (AvgIpc) is 2.75. The SMILES string of the molecule is Cc1cc(Cl)ccc1-c1nc(SCC(=O)O)n[nH]1. The fourth-order valence-corrected chi connectivity index (χ4v) is 2.20. The molecule has 2 N–H and O–H groups in total. The van der Waals surface area contributed by atoms with Crippen LogP contribution in [0.25, 0.3) is 11.4 Å². The van der Waals surface area contributed by atoms with Gasteiger partial charge in [-0.3, -0.25) is 9.89 Å². The highest BCUT2D eigenvalue weighted by atomic mass is 35.5. The summed E-state index contributed by atoms with van der Waals surface area (Å²) in [5.74, 6) is -0.345. The number of aromatic nitrogens is 3. The largest absolute Gasteiger partial charge is 0.481 e. The first-order valence-corrected chi connectivity index (χ1v) is 6.46. The van der Waals surface area contributed by atoms with Crippen LogP contribution < -0.4 is 0 Å². The third-order valence-electron chi connectivity index (χ3n) is 2.23. The molecule has 0 bridgehead atoms. The molecule has 0 fully saturated rings. The van der Waals surface area contributed by atoms with Crippen LogP contribution in [-0.4, -0.2) is 32.0 Å². The quantitative estimate of drug-likeness (QED) is 0.843. The highest BCUT2D eigenvalue weighted by Crippen LogP contribution is 2.24. The number of hydrogen-bond acceptors (Lipinski definition) is 4. The van der Waals surface area contributed by atoms with Crippen LogP contribution in [0.1, 0.15) is 5.56 Å². The van der Waals surface area contributed by atoms with Gasteiger partial charge in [0, 0.05) is 10.6 Å². The molecule has 94 valence electrons. The van der Waals surface area contributed by atoms with Gasteiger partial charge in [-0.2, -0.15) is 0 Å². The second-order valence-corrected chi connectivity index (χ2v) is 4.99. The predicted molar refractivity (Wildman–Crippen MR) is 69.9 cm³/mol. The molecule has 18 heavy (non-hydrogen) atoms. The zero-order valence-corrected chi connectivity index (χ0v) is 11.0. The van der Waals surface area contributed by atoms with Crippen LogP contribution in [0.2, 0.25) is 5.02 Å². The molecule has 0 saturated carbocycles. The Hall–Kier alpha value is -1.53. The van der Waals surface area contributed by atoms with Crippen LogP contribution in [0.3, 0.4) is 0 Å². The molecule has 0 saturated heterocycles. The van der Waals surface area contributed by atoms with E-state index in [4.69, 9.17) is 16.7 Å². The molecule has 2 aromatic rings. The molecule has 1 heterocycles. The standard InChI is InChI=1S/C11H10ClN3O2S/c1-6-4-7(12)2-3-8(6)10-13-11(15-14-10)18-5-9(16)17/h2-4H,5H2,1H3,(H,16,17)(H,13,14,15). The number of nitrogens with zero attached hydrogens (tertiary/aromatic N) is 2. The van der Waals surface area contributed by atoms with Gasteiger partial charge in [-0.15, -0.1) is 5.10 Å². The molecule has 1 aromatic heterocycles. The molecule has 0 unspecified atom stereocenters. The van der Waals surface area contributed by atoms with Gasteiger partial charge in [0.15, 0.2) is 5.82 Å². The summed E-state index contributed by atoms with van der Waals surface area (Å²) in [4.78, 5) is 14.7. The number of carboxylic acids is 1. The Bertz CT molecular complexity index is 585. The summed E-state index contributed by atoms with van der Waals surface area (Å²) in [5.41, 5.74) is 1.88. The lowest BCUT2D eigenvalue weighted by molar-refractivity contribution is -0.133. The van der Waals surface area contributed by atoms with Crippen molar-refractivity contribution in [2.45, 2.75) is 12.1 Å². The molecule has 2 rings (SSSR count). The minimum atomic E-state index is -0.894. The molecule has 0 aliphatic heterocycles. The molecule has 0 amide bonds. The highest BCUT2D eigenvalue weighted by Gasteiger charge is 2.10. The van der Waals surface area contributed by atoms with Crippen molar-refractivity contribution in [3.05, 3.63) is 28.8 Å². The summed E-state index contributed by atoms with van der Waals surface area (Å²) < 4.78 is 0. The summed E-state index contributed by atoms with van der Waals surface area (Å²) in [7, 11) is 0. The number of benzene rings is 1. The fraction of sp³-hybridized carbons (Fsp3) is 0.182. The van der Waals surface area contributed by atoms with Crippen LogP contribution in [0.15, 0.2) is 23.4 Å². The second-order valence-electron chi connectivity index (χ2n) is 3.61. The lowest BCUT2D eigenvalue weighted by Gasteiger charge is -2.01. The lowest BCUT2D eigenvalue weighted by Crippen LogP contribution is -1.97. The van der Waals surface area contributed by atoms with Crippen LogP contribution >= 0.6 is 23.4 Å². The molecular weight excluding hydrogens is 274 g/mol. The Kier molecular flexibility index (Phi) is 3.88. The number of rotatable bonds is 4. The van der Waals surface area contributed by atoms with Gasteiger partial charge in [-0.25, -0.2) is 4.98 Å². The first kappa shape index (κ1) is 12.9. The van der Waals surface area contributed by atoms with E-state index in [-0.39, 0.29) is 5.75 Å². The molecule has 5 nitrogen and oxygen atoms in total. The van der Waals surface area contributed by atoms with Crippen LogP contribution in [0, 0.1) is 6.92 Å². The smallest absolute Gasteiger partial charge is 0.313 e. The Morgan fingerprint density at radius 1 is 1.56 bits per heavy atom. The minimum absolute atomic E-state index is 0.0586. The highest BCUT2D eigenvalue weighted by molar-refractivity contribution is 7.99. The number of halogens is 1. The number of carboxylic acid groups (broad SMARTS) is 1. The number of hydrogen-bond donors (Lipinski definition) is 2.